The van der Waals surface area contributed by atoms with Crippen molar-refractivity contribution in [2.75, 3.05) is 30.5 Å². The number of halogens is 2. The summed E-state index contributed by atoms with van der Waals surface area (Å²) < 4.78 is 34.5. The van der Waals surface area contributed by atoms with Gasteiger partial charge in [0.05, 0.1) is 23.5 Å². The minimum absolute atomic E-state index is 0.0632. The van der Waals surface area contributed by atoms with E-state index in [1.807, 2.05) is 18.2 Å². The quantitative estimate of drug-likeness (QED) is 0.353. The molecule has 0 spiro atoms. The summed E-state index contributed by atoms with van der Waals surface area (Å²) >= 11 is 13.4. The fourth-order valence-corrected chi connectivity index (χ4v) is 6.89. The van der Waals surface area contributed by atoms with Crippen LogP contribution in [0.1, 0.15) is 28.1 Å². The van der Waals surface area contributed by atoms with Crippen LogP contribution in [0.2, 0.25) is 5.02 Å². The van der Waals surface area contributed by atoms with Gasteiger partial charge in [-0.15, -0.1) is 22.9 Å². The van der Waals surface area contributed by atoms with E-state index in [9.17, 15) is 18.3 Å². The molecule has 0 aliphatic carbocycles. The van der Waals surface area contributed by atoms with E-state index >= 15 is 0 Å². The summed E-state index contributed by atoms with van der Waals surface area (Å²) in [6.45, 7) is -0.0632. The Labute approximate surface area is 223 Å². The maximum Gasteiger partial charge on any atom is 0.266 e. The van der Waals surface area contributed by atoms with Crippen molar-refractivity contribution in [3.8, 4) is 21.9 Å². The molecule has 0 radical (unpaired) electrons. The van der Waals surface area contributed by atoms with Crippen LogP contribution < -0.4 is 14.8 Å². The van der Waals surface area contributed by atoms with Crippen LogP contribution in [0.15, 0.2) is 48.5 Å². The lowest BCUT2D eigenvalue weighted by Gasteiger charge is -2.31. The van der Waals surface area contributed by atoms with Crippen molar-refractivity contribution in [3.63, 3.8) is 0 Å². The Morgan fingerprint density at radius 1 is 1.11 bits per heavy atom. The van der Waals surface area contributed by atoms with E-state index < -0.39 is 15.4 Å². The fraction of sp³-hybridized carbons (Fsp3) is 0.320. The fourth-order valence-electron chi connectivity index (χ4n) is 3.80. The predicted octanol–water partition coefficient (Wildman–Crippen LogP) is 5.39. The zero-order chi connectivity index (χ0) is 25.9. The molecule has 1 aliphatic heterocycles. The van der Waals surface area contributed by atoms with E-state index in [1.54, 1.807) is 30.3 Å². The van der Waals surface area contributed by atoms with Crippen molar-refractivity contribution in [1.29, 1.82) is 0 Å². The van der Waals surface area contributed by atoms with E-state index in [4.69, 9.17) is 32.7 Å². The van der Waals surface area contributed by atoms with Crippen LogP contribution in [-0.2, 0) is 15.7 Å². The minimum Gasteiger partial charge on any atom is -0.493 e. The van der Waals surface area contributed by atoms with Gasteiger partial charge in [-0.1, -0.05) is 23.7 Å². The summed E-state index contributed by atoms with van der Waals surface area (Å²) in [5.74, 6) is 0.492. The average Bonchev–Trinajstić information content (AvgIpc) is 3.30. The first-order valence-electron chi connectivity index (χ1n) is 11.1. The van der Waals surface area contributed by atoms with Crippen LogP contribution in [0.25, 0.3) is 10.4 Å². The second kappa shape index (κ2) is 11.0. The number of amides is 1. The van der Waals surface area contributed by atoms with Crippen molar-refractivity contribution in [2.24, 2.45) is 0 Å². The molecule has 2 N–H and O–H groups in total. The number of ether oxygens (including phenoxy) is 2. The van der Waals surface area contributed by atoms with Gasteiger partial charge in [0.25, 0.3) is 5.91 Å². The molecule has 0 atom stereocenters. The van der Waals surface area contributed by atoms with E-state index in [0.29, 0.717) is 27.1 Å². The van der Waals surface area contributed by atoms with Crippen LogP contribution in [0.5, 0.6) is 11.5 Å². The summed E-state index contributed by atoms with van der Waals surface area (Å²) in [5.41, 5.74) is 0.935. The highest BCUT2D eigenvalue weighted by Crippen LogP contribution is 2.35. The van der Waals surface area contributed by atoms with Crippen molar-refractivity contribution < 1.29 is 27.8 Å². The van der Waals surface area contributed by atoms with Gasteiger partial charge < -0.3 is 19.9 Å². The number of nitrogens with one attached hydrogen (secondary N) is 1. The molecule has 1 aromatic heterocycles. The molecule has 1 amide bonds. The maximum absolute atomic E-state index is 13.1. The molecule has 192 valence electrons. The molecule has 1 saturated heterocycles. The lowest BCUT2D eigenvalue weighted by atomic mass is 9.98. The summed E-state index contributed by atoms with van der Waals surface area (Å²) in [7, 11) is -1.63. The number of thiophene rings is 1. The third-order valence-corrected chi connectivity index (χ3v) is 9.38. The Balaban J connectivity index is 1.46. The molecule has 3 aromatic rings. The van der Waals surface area contributed by atoms with E-state index in [-0.39, 0.29) is 42.7 Å². The predicted molar refractivity (Wildman–Crippen MR) is 144 cm³/mol. The molecular formula is C25H25Cl2NO6S2. The average molecular weight is 571 g/mol. The summed E-state index contributed by atoms with van der Waals surface area (Å²) in [5, 5.41) is 14.2. The zero-order valence-electron chi connectivity index (χ0n) is 19.4. The first-order chi connectivity index (χ1) is 17.1. The number of benzene rings is 2. The minimum atomic E-state index is -3.10. The Morgan fingerprint density at radius 3 is 2.44 bits per heavy atom. The van der Waals surface area contributed by atoms with Crippen LogP contribution in [0.4, 0.5) is 5.69 Å². The monoisotopic (exact) mass is 569 g/mol. The lowest BCUT2D eigenvalue weighted by Crippen LogP contribution is -2.43. The van der Waals surface area contributed by atoms with Gasteiger partial charge in [0.2, 0.25) is 0 Å². The first-order valence-corrected chi connectivity index (χ1v) is 14.7. The van der Waals surface area contributed by atoms with Gasteiger partial charge in [0.15, 0.2) is 21.3 Å². The molecule has 36 heavy (non-hydrogen) atoms. The summed E-state index contributed by atoms with van der Waals surface area (Å²) in [4.78, 5) is 14.5. The third-order valence-electron chi connectivity index (χ3n) is 5.96. The largest absolute Gasteiger partial charge is 0.493 e. The number of sulfone groups is 1. The number of methoxy groups -OCH3 is 1. The number of aliphatic hydroxyl groups is 1. The molecule has 11 heteroatoms. The number of hydrogen-bond donors (Lipinski definition) is 2. The van der Waals surface area contributed by atoms with Gasteiger partial charge >= 0.3 is 0 Å². The number of hydrogen-bond acceptors (Lipinski definition) is 7. The smallest absolute Gasteiger partial charge is 0.266 e. The molecule has 0 unspecified atom stereocenters. The Morgan fingerprint density at radius 2 is 1.81 bits per heavy atom. The molecule has 2 aromatic carbocycles. The highest BCUT2D eigenvalue weighted by molar-refractivity contribution is 7.91. The molecule has 1 fully saturated rings. The van der Waals surface area contributed by atoms with Gasteiger partial charge in [-0.3, -0.25) is 4.79 Å². The topological polar surface area (TPSA) is 102 Å². The van der Waals surface area contributed by atoms with Crippen LogP contribution >= 0.6 is 34.5 Å². The normalized spacial score (nSPS) is 16.3. The zero-order valence-corrected chi connectivity index (χ0v) is 22.6. The second-order valence-electron chi connectivity index (χ2n) is 8.59. The standard InChI is InChI=1S/C25H25Cl2NO6S2/c1-33-21-13-19(6-7-20(21)34-15-25(30)8-10-36(31,32)11-9-25)28-24(29)23-17(14-26)12-22(35-23)16-2-4-18(27)5-3-16/h2-7,12-13,30H,8-11,14-15H2,1H3,(H,28,29). The molecule has 0 saturated carbocycles. The van der Waals surface area contributed by atoms with E-state index in [0.717, 1.165) is 16.0 Å². The highest BCUT2D eigenvalue weighted by atomic mass is 35.5. The van der Waals surface area contributed by atoms with E-state index in [1.165, 1.54) is 18.4 Å². The number of carbonyl (C=O) groups is 1. The highest BCUT2D eigenvalue weighted by Gasteiger charge is 2.36. The second-order valence-corrected chi connectivity index (χ2v) is 12.6. The number of carbonyl (C=O) groups excluding carboxylic acids is 1. The molecule has 4 rings (SSSR count). The van der Waals surface area contributed by atoms with Gasteiger partial charge in [-0.25, -0.2) is 8.42 Å². The Hall–Kier alpha value is -2.30. The number of rotatable bonds is 8. The van der Waals surface area contributed by atoms with Crippen LogP contribution in [0, 0.1) is 0 Å². The van der Waals surface area contributed by atoms with E-state index in [2.05, 4.69) is 5.32 Å². The number of alkyl halides is 1. The molecule has 0 bridgehead atoms. The summed E-state index contributed by atoms with van der Waals surface area (Å²) in [6.07, 6.45) is 0.237. The molecule has 7 nitrogen and oxygen atoms in total. The SMILES string of the molecule is COc1cc(NC(=O)c2sc(-c3ccc(Cl)cc3)cc2CCl)ccc1OCC1(O)CCS(=O)(=O)CC1. The third kappa shape index (κ3) is 6.33. The Kier molecular flexibility index (Phi) is 8.16. The summed E-state index contributed by atoms with van der Waals surface area (Å²) in [6, 6.07) is 14.2. The van der Waals surface area contributed by atoms with Crippen molar-refractivity contribution in [2.45, 2.75) is 24.3 Å². The van der Waals surface area contributed by atoms with Crippen LogP contribution in [-0.4, -0.2) is 50.3 Å². The van der Waals surface area contributed by atoms with Crippen molar-refractivity contribution in [1.82, 2.24) is 0 Å². The maximum atomic E-state index is 13.1. The van der Waals surface area contributed by atoms with Gasteiger partial charge in [0.1, 0.15) is 12.2 Å². The first kappa shape index (κ1) is 26.8. The lowest BCUT2D eigenvalue weighted by molar-refractivity contribution is -0.0134. The van der Waals surface area contributed by atoms with Crippen molar-refractivity contribution >= 4 is 56.0 Å². The van der Waals surface area contributed by atoms with Gasteiger partial charge in [-0.2, -0.15) is 0 Å². The van der Waals surface area contributed by atoms with Crippen LogP contribution in [0.3, 0.4) is 0 Å². The molecule has 1 aliphatic rings. The Bertz CT molecular complexity index is 1340. The van der Waals surface area contributed by atoms with Gasteiger partial charge in [-0.05, 0) is 54.3 Å². The van der Waals surface area contributed by atoms with Gasteiger partial charge in [0, 0.05) is 27.5 Å². The van der Waals surface area contributed by atoms with Crippen molar-refractivity contribution in [3.05, 3.63) is 64.0 Å². The molecule has 2 heterocycles. The number of anilines is 1. The molecular weight excluding hydrogens is 545 g/mol.